The van der Waals surface area contributed by atoms with Crippen molar-refractivity contribution in [2.45, 2.75) is 6.04 Å². The van der Waals surface area contributed by atoms with Gasteiger partial charge in [-0.1, -0.05) is 22.5 Å². The lowest BCUT2D eigenvalue weighted by atomic mass is 10.1. The second-order valence-corrected chi connectivity index (χ2v) is 3.59. The maximum absolute atomic E-state index is 5.56. The number of halogens is 1. The van der Waals surface area contributed by atoms with Crippen LogP contribution in [0.15, 0.2) is 11.1 Å². The number of nitrogens with two attached hydrogens (primary N) is 1. The Hall–Kier alpha value is 0.140. The van der Waals surface area contributed by atoms with E-state index >= 15 is 0 Å². The molecule has 0 radical (unpaired) electrons. The lowest BCUT2D eigenvalue weighted by Gasteiger charge is -2.36. The van der Waals surface area contributed by atoms with E-state index in [9.17, 15) is 0 Å². The minimum Gasteiger partial charge on any atom is -0.325 e. The molecular weight excluding hydrogens is 180 g/mol. The Kier molecular flexibility index (Phi) is 2.27. The van der Waals surface area contributed by atoms with Crippen molar-refractivity contribution in [3.05, 3.63) is 11.1 Å². The van der Waals surface area contributed by atoms with Gasteiger partial charge in [0, 0.05) is 30.2 Å². The molecule has 9 heavy (non-hydrogen) atoms. The van der Waals surface area contributed by atoms with Gasteiger partial charge in [-0.3, -0.25) is 4.90 Å². The van der Waals surface area contributed by atoms with Crippen LogP contribution in [-0.2, 0) is 0 Å². The molecule has 0 aromatic heterocycles. The van der Waals surface area contributed by atoms with Gasteiger partial charge in [0.15, 0.2) is 0 Å². The highest BCUT2D eigenvalue weighted by atomic mass is 79.9. The quantitative estimate of drug-likeness (QED) is 0.690. The Balaban J connectivity index is 2.11. The van der Waals surface area contributed by atoms with Crippen LogP contribution in [0.1, 0.15) is 0 Å². The van der Waals surface area contributed by atoms with E-state index in [1.807, 2.05) is 0 Å². The molecule has 3 heteroatoms. The zero-order chi connectivity index (χ0) is 6.85. The summed E-state index contributed by atoms with van der Waals surface area (Å²) in [5, 5.41) is 0. The van der Waals surface area contributed by atoms with Gasteiger partial charge in [-0.15, -0.1) is 0 Å². The minimum absolute atomic E-state index is 0.400. The van der Waals surface area contributed by atoms with Crippen molar-refractivity contribution in [1.82, 2.24) is 4.90 Å². The van der Waals surface area contributed by atoms with Crippen LogP contribution in [-0.4, -0.2) is 30.6 Å². The van der Waals surface area contributed by atoms with Gasteiger partial charge < -0.3 is 5.73 Å². The van der Waals surface area contributed by atoms with Crippen LogP contribution in [0.3, 0.4) is 0 Å². The normalized spacial score (nSPS) is 21.6. The average Bonchev–Trinajstić information content (AvgIpc) is 1.60. The molecule has 1 rings (SSSR count). The molecule has 0 aromatic carbocycles. The zero-order valence-electron chi connectivity index (χ0n) is 5.31. The van der Waals surface area contributed by atoms with Crippen LogP contribution in [0.5, 0.6) is 0 Å². The van der Waals surface area contributed by atoms with Gasteiger partial charge in [0.2, 0.25) is 0 Å². The van der Waals surface area contributed by atoms with Crippen LogP contribution in [0, 0.1) is 0 Å². The molecule has 0 amide bonds. The Bertz CT molecular complexity index is 118. The zero-order valence-corrected chi connectivity index (χ0v) is 6.89. The monoisotopic (exact) mass is 190 g/mol. The molecule has 2 N–H and O–H groups in total. The summed E-state index contributed by atoms with van der Waals surface area (Å²) in [5.74, 6) is 0. The fourth-order valence-corrected chi connectivity index (χ4v) is 1.34. The van der Waals surface area contributed by atoms with E-state index in [-0.39, 0.29) is 0 Å². The maximum atomic E-state index is 5.56. The smallest absolute Gasteiger partial charge is 0.0297 e. The predicted molar refractivity (Wildman–Crippen MR) is 42.5 cm³/mol. The molecule has 52 valence electrons. The van der Waals surface area contributed by atoms with Crippen molar-refractivity contribution >= 4 is 15.9 Å². The van der Waals surface area contributed by atoms with Crippen LogP contribution in [0.2, 0.25) is 0 Å². The van der Waals surface area contributed by atoms with Gasteiger partial charge in [-0.05, 0) is 0 Å². The molecule has 0 aromatic rings. The number of rotatable bonds is 2. The molecule has 1 heterocycles. The predicted octanol–water partition coefficient (Wildman–Crippen LogP) is 0.538. The van der Waals surface area contributed by atoms with Crippen molar-refractivity contribution in [2.75, 3.05) is 19.6 Å². The average molecular weight is 191 g/mol. The first-order valence-corrected chi connectivity index (χ1v) is 3.79. The summed E-state index contributed by atoms with van der Waals surface area (Å²) in [7, 11) is 0. The third-order valence-corrected chi connectivity index (χ3v) is 1.63. The second-order valence-electron chi connectivity index (χ2n) is 2.47. The van der Waals surface area contributed by atoms with E-state index in [4.69, 9.17) is 5.73 Å². The topological polar surface area (TPSA) is 29.3 Å². The van der Waals surface area contributed by atoms with Gasteiger partial charge in [0.1, 0.15) is 0 Å². The third kappa shape index (κ3) is 2.08. The number of hydrogen-bond donors (Lipinski definition) is 1. The second kappa shape index (κ2) is 2.82. The number of nitrogens with zero attached hydrogens (tertiary/aromatic N) is 1. The van der Waals surface area contributed by atoms with E-state index in [1.165, 1.54) is 0 Å². The third-order valence-electron chi connectivity index (χ3n) is 1.38. The van der Waals surface area contributed by atoms with Crippen LogP contribution < -0.4 is 5.73 Å². The maximum Gasteiger partial charge on any atom is 0.0297 e. The summed E-state index contributed by atoms with van der Waals surface area (Å²) < 4.78 is 1.04. The van der Waals surface area contributed by atoms with Gasteiger partial charge in [-0.25, -0.2) is 0 Å². The molecule has 0 bridgehead atoms. The standard InChI is InChI=1S/C6H11BrN2/c1-5(7)2-9-3-6(8)4-9/h6H,1-4,8H2. The first-order chi connectivity index (χ1) is 4.18. The molecular formula is C6H11BrN2. The molecule has 0 atom stereocenters. The Labute approximate surface area is 63.8 Å². The summed E-state index contributed by atoms with van der Waals surface area (Å²) in [4.78, 5) is 2.25. The highest BCUT2D eigenvalue weighted by molar-refractivity contribution is 9.11. The van der Waals surface area contributed by atoms with Crippen molar-refractivity contribution in [3.8, 4) is 0 Å². The molecule has 1 aliphatic rings. The molecule has 0 aliphatic carbocycles. The fourth-order valence-electron chi connectivity index (χ4n) is 0.982. The molecule has 1 aliphatic heterocycles. The fraction of sp³-hybridized carbons (Fsp3) is 0.667. The molecule has 2 nitrogen and oxygen atoms in total. The first-order valence-electron chi connectivity index (χ1n) is 2.99. The summed E-state index contributed by atoms with van der Waals surface area (Å²) in [6.07, 6.45) is 0. The summed E-state index contributed by atoms with van der Waals surface area (Å²) in [5.41, 5.74) is 5.56. The summed E-state index contributed by atoms with van der Waals surface area (Å²) >= 11 is 3.29. The SMILES string of the molecule is C=C(Br)CN1CC(N)C1. The Morgan fingerprint density at radius 1 is 1.78 bits per heavy atom. The van der Waals surface area contributed by atoms with Crippen molar-refractivity contribution in [1.29, 1.82) is 0 Å². The minimum atomic E-state index is 0.400. The van der Waals surface area contributed by atoms with Gasteiger partial charge in [-0.2, -0.15) is 0 Å². The molecule has 1 saturated heterocycles. The molecule has 0 saturated carbocycles. The lowest BCUT2D eigenvalue weighted by Crippen LogP contribution is -2.55. The summed E-state index contributed by atoms with van der Waals surface area (Å²) in [6.45, 7) is 6.71. The number of hydrogen-bond acceptors (Lipinski definition) is 2. The molecule has 0 spiro atoms. The Morgan fingerprint density at radius 2 is 2.33 bits per heavy atom. The highest BCUT2D eigenvalue weighted by Gasteiger charge is 2.22. The van der Waals surface area contributed by atoms with Gasteiger partial charge in [0.05, 0.1) is 0 Å². The highest BCUT2D eigenvalue weighted by Crippen LogP contribution is 2.10. The van der Waals surface area contributed by atoms with E-state index in [1.54, 1.807) is 0 Å². The van der Waals surface area contributed by atoms with E-state index in [0.29, 0.717) is 6.04 Å². The van der Waals surface area contributed by atoms with E-state index < -0.39 is 0 Å². The largest absolute Gasteiger partial charge is 0.325 e. The summed E-state index contributed by atoms with van der Waals surface area (Å²) in [6, 6.07) is 0.400. The van der Waals surface area contributed by atoms with Crippen LogP contribution in [0.25, 0.3) is 0 Å². The van der Waals surface area contributed by atoms with Crippen LogP contribution >= 0.6 is 15.9 Å². The Morgan fingerprint density at radius 3 is 2.67 bits per heavy atom. The van der Waals surface area contributed by atoms with Crippen molar-refractivity contribution < 1.29 is 0 Å². The lowest BCUT2D eigenvalue weighted by molar-refractivity contribution is 0.169. The van der Waals surface area contributed by atoms with E-state index in [0.717, 1.165) is 24.1 Å². The van der Waals surface area contributed by atoms with Gasteiger partial charge >= 0.3 is 0 Å². The molecule has 0 unspecified atom stereocenters. The van der Waals surface area contributed by atoms with Crippen molar-refractivity contribution in [3.63, 3.8) is 0 Å². The first kappa shape index (κ1) is 7.25. The van der Waals surface area contributed by atoms with Crippen LogP contribution in [0.4, 0.5) is 0 Å². The van der Waals surface area contributed by atoms with Crippen molar-refractivity contribution in [2.24, 2.45) is 5.73 Å². The molecule has 1 fully saturated rings. The number of likely N-dealkylation sites (tertiary alicyclic amines) is 1. The van der Waals surface area contributed by atoms with E-state index in [2.05, 4.69) is 27.4 Å². The van der Waals surface area contributed by atoms with Gasteiger partial charge in [0.25, 0.3) is 0 Å².